The van der Waals surface area contributed by atoms with Crippen molar-refractivity contribution in [1.29, 1.82) is 0 Å². The zero-order valence-electron chi connectivity index (χ0n) is 10.4. The molecular formula is C13H16N2O4. The van der Waals surface area contributed by atoms with E-state index >= 15 is 0 Å². The van der Waals surface area contributed by atoms with E-state index in [1.807, 2.05) is 30.3 Å². The summed E-state index contributed by atoms with van der Waals surface area (Å²) >= 11 is 0. The maximum Gasteiger partial charge on any atom is 0.410 e. The number of carbonyl (C=O) groups is 2. The van der Waals surface area contributed by atoms with Gasteiger partial charge in [0.1, 0.15) is 12.6 Å². The lowest BCUT2D eigenvalue weighted by Gasteiger charge is -2.21. The molecule has 1 aliphatic rings. The van der Waals surface area contributed by atoms with Crippen molar-refractivity contribution < 1.29 is 19.4 Å². The van der Waals surface area contributed by atoms with E-state index in [0.29, 0.717) is 0 Å². The summed E-state index contributed by atoms with van der Waals surface area (Å²) in [6.45, 7) is 0.193. The molecule has 2 amide bonds. The monoisotopic (exact) mass is 264 g/mol. The Kier molecular flexibility index (Phi) is 4.01. The van der Waals surface area contributed by atoms with Crippen molar-refractivity contribution in [3.63, 3.8) is 0 Å². The van der Waals surface area contributed by atoms with Crippen molar-refractivity contribution in [3.05, 3.63) is 35.9 Å². The lowest BCUT2D eigenvalue weighted by atomic mass is 10.2. The van der Waals surface area contributed by atoms with Gasteiger partial charge in [-0.3, -0.25) is 9.69 Å². The molecule has 0 aliphatic carbocycles. The quantitative estimate of drug-likeness (QED) is 0.818. The Balaban J connectivity index is 1.94. The summed E-state index contributed by atoms with van der Waals surface area (Å²) in [6, 6.07) is 8.42. The van der Waals surface area contributed by atoms with Gasteiger partial charge in [-0.2, -0.15) is 0 Å². The van der Waals surface area contributed by atoms with Gasteiger partial charge >= 0.3 is 6.09 Å². The number of likely N-dealkylation sites (tertiary alicyclic amines) is 1. The fraction of sp³-hybridized carbons (Fsp3) is 0.385. The number of β-amino-alcohol motifs (C(OH)–C–C–N with tert-alkyl or cyclic N) is 1. The van der Waals surface area contributed by atoms with Crippen LogP contribution in [0.2, 0.25) is 0 Å². The van der Waals surface area contributed by atoms with Crippen LogP contribution in [0.4, 0.5) is 4.79 Å². The van der Waals surface area contributed by atoms with Crippen molar-refractivity contribution in [1.82, 2.24) is 4.90 Å². The van der Waals surface area contributed by atoms with Gasteiger partial charge in [0.05, 0.1) is 12.6 Å². The van der Waals surface area contributed by atoms with Gasteiger partial charge in [0, 0.05) is 6.42 Å². The third-order valence-corrected chi connectivity index (χ3v) is 3.05. The zero-order valence-corrected chi connectivity index (χ0v) is 10.4. The summed E-state index contributed by atoms with van der Waals surface area (Å²) < 4.78 is 5.11. The molecule has 0 aromatic heterocycles. The van der Waals surface area contributed by atoms with Gasteiger partial charge in [-0.05, 0) is 5.56 Å². The second-order valence-electron chi connectivity index (χ2n) is 4.50. The SMILES string of the molecule is NC(=O)[C@@H]1C[C@H](O)CN1C(=O)OCc1ccccc1. The predicted molar refractivity (Wildman–Crippen MR) is 66.9 cm³/mol. The van der Waals surface area contributed by atoms with Crippen LogP contribution in [0.15, 0.2) is 30.3 Å². The fourth-order valence-corrected chi connectivity index (χ4v) is 2.09. The number of benzene rings is 1. The van der Waals surface area contributed by atoms with E-state index in [4.69, 9.17) is 10.5 Å². The molecule has 6 nitrogen and oxygen atoms in total. The first-order valence-corrected chi connectivity index (χ1v) is 6.02. The Bertz CT molecular complexity index is 463. The Morgan fingerprint density at radius 3 is 2.68 bits per heavy atom. The van der Waals surface area contributed by atoms with E-state index < -0.39 is 24.1 Å². The first kappa shape index (κ1) is 13.4. The first-order chi connectivity index (χ1) is 9.08. The van der Waals surface area contributed by atoms with E-state index in [-0.39, 0.29) is 19.6 Å². The first-order valence-electron chi connectivity index (χ1n) is 6.02. The minimum absolute atomic E-state index is 0.0707. The summed E-state index contributed by atoms with van der Waals surface area (Å²) in [5.41, 5.74) is 6.05. The van der Waals surface area contributed by atoms with Gasteiger partial charge in [0.25, 0.3) is 0 Å². The molecule has 2 atom stereocenters. The van der Waals surface area contributed by atoms with Gasteiger partial charge in [-0.1, -0.05) is 30.3 Å². The van der Waals surface area contributed by atoms with Gasteiger partial charge < -0.3 is 15.6 Å². The molecule has 1 heterocycles. The van der Waals surface area contributed by atoms with Crippen LogP contribution in [0, 0.1) is 0 Å². The van der Waals surface area contributed by atoms with Crippen LogP contribution in [0.5, 0.6) is 0 Å². The number of hydrogen-bond donors (Lipinski definition) is 2. The molecule has 0 bridgehead atoms. The fourth-order valence-electron chi connectivity index (χ4n) is 2.09. The minimum Gasteiger partial charge on any atom is -0.445 e. The lowest BCUT2D eigenvalue weighted by molar-refractivity contribution is -0.122. The van der Waals surface area contributed by atoms with Crippen LogP contribution >= 0.6 is 0 Å². The summed E-state index contributed by atoms with van der Waals surface area (Å²) in [6.07, 6.45) is -1.21. The molecule has 102 valence electrons. The highest BCUT2D eigenvalue weighted by atomic mass is 16.6. The number of primary amides is 1. The molecule has 0 radical (unpaired) electrons. The second-order valence-corrected chi connectivity index (χ2v) is 4.50. The molecule has 6 heteroatoms. The van der Waals surface area contributed by atoms with E-state index in [0.717, 1.165) is 5.56 Å². The highest BCUT2D eigenvalue weighted by Gasteiger charge is 2.38. The Hall–Kier alpha value is -2.08. The topological polar surface area (TPSA) is 92.9 Å². The molecule has 1 aromatic rings. The average molecular weight is 264 g/mol. The Labute approximate surface area is 110 Å². The number of rotatable bonds is 3. The highest BCUT2D eigenvalue weighted by molar-refractivity contribution is 5.85. The molecule has 19 heavy (non-hydrogen) atoms. The Morgan fingerprint density at radius 1 is 1.37 bits per heavy atom. The van der Waals surface area contributed by atoms with Crippen molar-refractivity contribution in [2.24, 2.45) is 5.73 Å². The molecular weight excluding hydrogens is 248 g/mol. The average Bonchev–Trinajstić information content (AvgIpc) is 2.79. The van der Waals surface area contributed by atoms with Gasteiger partial charge in [0.2, 0.25) is 5.91 Å². The number of aliphatic hydroxyl groups is 1. The predicted octanol–water partition coefficient (Wildman–Crippen LogP) is 0.244. The van der Waals surface area contributed by atoms with E-state index in [2.05, 4.69) is 0 Å². The van der Waals surface area contributed by atoms with Crippen molar-refractivity contribution in [2.45, 2.75) is 25.2 Å². The van der Waals surface area contributed by atoms with Crippen molar-refractivity contribution in [3.8, 4) is 0 Å². The van der Waals surface area contributed by atoms with Crippen LogP contribution < -0.4 is 5.73 Å². The molecule has 1 fully saturated rings. The molecule has 0 saturated carbocycles. The summed E-state index contributed by atoms with van der Waals surface area (Å²) in [7, 11) is 0. The highest BCUT2D eigenvalue weighted by Crippen LogP contribution is 2.19. The molecule has 1 aromatic carbocycles. The third-order valence-electron chi connectivity index (χ3n) is 3.05. The Morgan fingerprint density at radius 2 is 2.05 bits per heavy atom. The number of nitrogens with zero attached hydrogens (tertiary/aromatic N) is 1. The summed E-state index contributed by atoms with van der Waals surface area (Å²) in [5, 5.41) is 9.50. The molecule has 3 N–H and O–H groups in total. The summed E-state index contributed by atoms with van der Waals surface area (Å²) in [4.78, 5) is 24.2. The van der Waals surface area contributed by atoms with Crippen LogP contribution in [-0.2, 0) is 16.1 Å². The molecule has 1 saturated heterocycles. The number of carbonyl (C=O) groups excluding carboxylic acids is 2. The van der Waals surface area contributed by atoms with Crippen LogP contribution in [-0.4, -0.2) is 40.7 Å². The van der Waals surface area contributed by atoms with Crippen molar-refractivity contribution in [2.75, 3.05) is 6.54 Å². The maximum atomic E-state index is 11.9. The van der Waals surface area contributed by atoms with Gasteiger partial charge in [-0.25, -0.2) is 4.79 Å². The van der Waals surface area contributed by atoms with Gasteiger partial charge in [-0.15, -0.1) is 0 Å². The number of aliphatic hydroxyl groups excluding tert-OH is 1. The lowest BCUT2D eigenvalue weighted by Crippen LogP contribution is -2.43. The molecule has 0 unspecified atom stereocenters. The number of nitrogens with two attached hydrogens (primary N) is 1. The largest absolute Gasteiger partial charge is 0.445 e. The summed E-state index contributed by atoms with van der Waals surface area (Å²) in [5.74, 6) is -0.631. The molecule has 0 spiro atoms. The van der Waals surface area contributed by atoms with Crippen LogP contribution in [0.1, 0.15) is 12.0 Å². The number of hydrogen-bond acceptors (Lipinski definition) is 4. The smallest absolute Gasteiger partial charge is 0.410 e. The normalized spacial score (nSPS) is 22.3. The van der Waals surface area contributed by atoms with Crippen molar-refractivity contribution >= 4 is 12.0 Å². The van der Waals surface area contributed by atoms with E-state index in [1.165, 1.54) is 4.90 Å². The van der Waals surface area contributed by atoms with E-state index in [9.17, 15) is 14.7 Å². The second kappa shape index (κ2) is 5.71. The van der Waals surface area contributed by atoms with Crippen LogP contribution in [0.3, 0.4) is 0 Å². The minimum atomic E-state index is -0.793. The number of amides is 2. The van der Waals surface area contributed by atoms with Gasteiger partial charge in [0.15, 0.2) is 0 Å². The third kappa shape index (κ3) is 3.23. The maximum absolute atomic E-state index is 11.9. The molecule has 2 rings (SSSR count). The standard InChI is InChI=1S/C13H16N2O4/c14-12(17)11-6-10(16)7-15(11)13(18)19-8-9-4-2-1-3-5-9/h1-5,10-11,16H,6-8H2,(H2,14,17)/t10-,11-/m0/s1. The van der Waals surface area contributed by atoms with Crippen LogP contribution in [0.25, 0.3) is 0 Å². The molecule has 1 aliphatic heterocycles. The zero-order chi connectivity index (χ0) is 13.8. The van der Waals surface area contributed by atoms with E-state index in [1.54, 1.807) is 0 Å². The number of ether oxygens (including phenoxy) is 1.